The smallest absolute Gasteiger partial charge is 0.166 e. The largest absolute Gasteiger partial charge is 0.305 e. The minimum atomic E-state index is 0.0506. The summed E-state index contributed by atoms with van der Waals surface area (Å²) in [4.78, 5) is 17.1. The van der Waals surface area contributed by atoms with Gasteiger partial charge in [0.25, 0.3) is 0 Å². The lowest BCUT2D eigenvalue weighted by Crippen LogP contribution is -2.46. The van der Waals surface area contributed by atoms with Gasteiger partial charge in [-0.25, -0.2) is 0 Å². The zero-order chi connectivity index (χ0) is 14.5. The average molecular weight is 274 g/mol. The van der Waals surface area contributed by atoms with E-state index in [4.69, 9.17) is 0 Å². The summed E-state index contributed by atoms with van der Waals surface area (Å²) in [5.74, 6) is 0.302. The van der Waals surface area contributed by atoms with Gasteiger partial charge < -0.3 is 9.80 Å². The number of hydrogen-bond donors (Lipinski definition) is 0. The van der Waals surface area contributed by atoms with Gasteiger partial charge in [0, 0.05) is 30.6 Å². The number of likely N-dealkylation sites (N-methyl/N-ethyl adjacent to an activating group) is 2. The fraction of sp³-hybridized carbons (Fsp3) is 0.588. The maximum absolute atomic E-state index is 12.4. The molecule has 0 aromatic heterocycles. The number of piperidine rings is 1. The third-order valence-electron chi connectivity index (χ3n) is 4.29. The summed E-state index contributed by atoms with van der Waals surface area (Å²) in [6, 6.07) is 10.2. The van der Waals surface area contributed by atoms with Gasteiger partial charge in [-0.1, -0.05) is 37.3 Å². The molecule has 1 saturated heterocycles. The number of likely N-dealkylation sites (tertiary alicyclic amines) is 1. The number of ketones is 1. The number of Topliss-reactive ketones (excluding diaryl/α,β-unsaturated/α-hetero) is 1. The zero-order valence-corrected chi connectivity index (χ0v) is 12.9. The molecule has 1 aromatic rings. The summed E-state index contributed by atoms with van der Waals surface area (Å²) >= 11 is 0. The van der Waals surface area contributed by atoms with Crippen LogP contribution in [-0.4, -0.2) is 55.4 Å². The number of benzene rings is 1. The molecule has 0 amide bonds. The van der Waals surface area contributed by atoms with Crippen LogP contribution >= 0.6 is 0 Å². The van der Waals surface area contributed by atoms with Crippen molar-refractivity contribution in [2.24, 2.45) is 5.92 Å². The summed E-state index contributed by atoms with van der Waals surface area (Å²) < 4.78 is 0. The lowest BCUT2D eigenvalue weighted by atomic mass is 9.97. The molecule has 1 aliphatic heterocycles. The molecule has 0 aliphatic carbocycles. The number of carbonyl (C=O) groups is 1. The molecule has 2 rings (SSSR count). The van der Waals surface area contributed by atoms with Crippen LogP contribution in [0.1, 0.15) is 30.1 Å². The fourth-order valence-corrected chi connectivity index (χ4v) is 3.05. The first-order chi connectivity index (χ1) is 9.58. The van der Waals surface area contributed by atoms with E-state index in [0.717, 1.165) is 18.7 Å². The first-order valence-electron chi connectivity index (χ1n) is 7.56. The predicted octanol–water partition coefficient (Wildman–Crippen LogP) is 2.53. The molecule has 20 heavy (non-hydrogen) atoms. The lowest BCUT2D eigenvalue weighted by molar-refractivity contribution is 0.0839. The molecule has 0 spiro atoms. The van der Waals surface area contributed by atoms with E-state index in [1.807, 2.05) is 37.3 Å². The molecule has 110 valence electrons. The minimum Gasteiger partial charge on any atom is -0.305 e. The molecule has 1 fully saturated rings. The second-order valence-corrected chi connectivity index (χ2v) is 6.13. The molecule has 0 saturated carbocycles. The third kappa shape index (κ3) is 3.90. The number of hydrogen-bond acceptors (Lipinski definition) is 3. The van der Waals surface area contributed by atoms with E-state index in [0.29, 0.717) is 6.04 Å². The molecule has 1 aliphatic rings. The highest BCUT2D eigenvalue weighted by Gasteiger charge is 2.24. The van der Waals surface area contributed by atoms with Crippen molar-refractivity contribution in [1.82, 2.24) is 9.80 Å². The first-order valence-corrected chi connectivity index (χ1v) is 7.56. The van der Waals surface area contributed by atoms with Crippen molar-refractivity contribution in [1.29, 1.82) is 0 Å². The molecule has 3 heteroatoms. The number of nitrogens with zero attached hydrogens (tertiary/aromatic N) is 2. The van der Waals surface area contributed by atoms with Crippen molar-refractivity contribution in [3.8, 4) is 0 Å². The molecule has 2 atom stereocenters. The van der Waals surface area contributed by atoms with E-state index in [1.165, 1.54) is 19.4 Å². The van der Waals surface area contributed by atoms with E-state index < -0.39 is 0 Å². The van der Waals surface area contributed by atoms with Crippen LogP contribution in [0.15, 0.2) is 30.3 Å². The van der Waals surface area contributed by atoms with Gasteiger partial charge in [-0.15, -0.1) is 0 Å². The summed E-state index contributed by atoms with van der Waals surface area (Å²) in [6.45, 7) is 5.19. The van der Waals surface area contributed by atoms with Crippen molar-refractivity contribution >= 4 is 5.78 Å². The van der Waals surface area contributed by atoms with Gasteiger partial charge in [0.2, 0.25) is 0 Å². The SMILES string of the molecule is CC(CN(C)C1CCCN(C)C1)C(=O)c1ccccc1. The van der Waals surface area contributed by atoms with Gasteiger partial charge in [-0.3, -0.25) is 4.79 Å². The number of rotatable bonds is 5. The number of carbonyl (C=O) groups excluding carboxylic acids is 1. The Morgan fingerprint density at radius 2 is 2.10 bits per heavy atom. The average Bonchev–Trinajstić information content (AvgIpc) is 2.47. The van der Waals surface area contributed by atoms with Crippen molar-refractivity contribution in [2.45, 2.75) is 25.8 Å². The van der Waals surface area contributed by atoms with Gasteiger partial charge in [-0.2, -0.15) is 0 Å². The quantitative estimate of drug-likeness (QED) is 0.771. The fourth-order valence-electron chi connectivity index (χ4n) is 3.05. The van der Waals surface area contributed by atoms with Crippen molar-refractivity contribution in [3.05, 3.63) is 35.9 Å². The van der Waals surface area contributed by atoms with Crippen LogP contribution in [0.5, 0.6) is 0 Å². The first kappa shape index (κ1) is 15.2. The molecular weight excluding hydrogens is 248 g/mol. The molecule has 0 bridgehead atoms. The lowest BCUT2D eigenvalue weighted by Gasteiger charge is -2.36. The van der Waals surface area contributed by atoms with E-state index in [9.17, 15) is 4.79 Å². The Bertz CT molecular complexity index is 432. The second kappa shape index (κ2) is 7.00. The summed E-state index contributed by atoms with van der Waals surface area (Å²) in [5, 5.41) is 0. The molecule has 1 aromatic carbocycles. The zero-order valence-electron chi connectivity index (χ0n) is 12.9. The van der Waals surface area contributed by atoms with Crippen LogP contribution < -0.4 is 0 Å². The van der Waals surface area contributed by atoms with E-state index in [1.54, 1.807) is 0 Å². The van der Waals surface area contributed by atoms with Gasteiger partial charge in [-0.05, 0) is 33.5 Å². The molecule has 3 nitrogen and oxygen atoms in total. The molecule has 0 radical (unpaired) electrons. The van der Waals surface area contributed by atoms with E-state index in [-0.39, 0.29) is 11.7 Å². The van der Waals surface area contributed by atoms with Crippen LogP contribution in [0, 0.1) is 5.92 Å². The predicted molar refractivity (Wildman–Crippen MR) is 83.1 cm³/mol. The summed E-state index contributed by atoms with van der Waals surface area (Å²) in [7, 11) is 4.33. The van der Waals surface area contributed by atoms with Gasteiger partial charge >= 0.3 is 0 Å². The highest BCUT2D eigenvalue weighted by atomic mass is 16.1. The summed E-state index contributed by atoms with van der Waals surface area (Å²) in [6.07, 6.45) is 2.50. The molecular formula is C17H26N2O. The van der Waals surface area contributed by atoms with Crippen LogP contribution in [0.2, 0.25) is 0 Å². The van der Waals surface area contributed by atoms with Gasteiger partial charge in [0.15, 0.2) is 5.78 Å². The second-order valence-electron chi connectivity index (χ2n) is 6.13. The Morgan fingerprint density at radius 1 is 1.40 bits per heavy atom. The summed E-state index contributed by atoms with van der Waals surface area (Å²) in [5.41, 5.74) is 0.828. The molecule has 0 N–H and O–H groups in total. The van der Waals surface area contributed by atoms with E-state index >= 15 is 0 Å². The highest BCUT2D eigenvalue weighted by molar-refractivity contribution is 5.97. The highest BCUT2D eigenvalue weighted by Crippen LogP contribution is 2.16. The maximum atomic E-state index is 12.4. The Balaban J connectivity index is 1.90. The van der Waals surface area contributed by atoms with Gasteiger partial charge in [0.05, 0.1) is 0 Å². The molecule has 2 unspecified atom stereocenters. The van der Waals surface area contributed by atoms with Crippen molar-refractivity contribution in [3.63, 3.8) is 0 Å². The standard InChI is InChI=1S/C17H26N2O/c1-14(17(20)15-8-5-4-6-9-15)12-19(3)16-10-7-11-18(2)13-16/h4-6,8-9,14,16H,7,10-13H2,1-3H3. The maximum Gasteiger partial charge on any atom is 0.166 e. The van der Waals surface area contributed by atoms with Crippen LogP contribution in [-0.2, 0) is 0 Å². The van der Waals surface area contributed by atoms with Crippen molar-refractivity contribution in [2.75, 3.05) is 33.7 Å². The van der Waals surface area contributed by atoms with Crippen molar-refractivity contribution < 1.29 is 4.79 Å². The monoisotopic (exact) mass is 274 g/mol. The normalized spacial score (nSPS) is 21.9. The van der Waals surface area contributed by atoms with Gasteiger partial charge in [0.1, 0.15) is 0 Å². The Morgan fingerprint density at radius 3 is 2.75 bits per heavy atom. The Hall–Kier alpha value is -1.19. The van der Waals surface area contributed by atoms with Crippen LogP contribution in [0.3, 0.4) is 0 Å². The van der Waals surface area contributed by atoms with E-state index in [2.05, 4.69) is 23.9 Å². The van der Waals surface area contributed by atoms with Crippen LogP contribution in [0.4, 0.5) is 0 Å². The topological polar surface area (TPSA) is 23.6 Å². The van der Waals surface area contributed by atoms with Crippen LogP contribution in [0.25, 0.3) is 0 Å². The Labute approximate surface area is 122 Å². The minimum absolute atomic E-state index is 0.0506. The molecule has 1 heterocycles. The Kier molecular flexibility index (Phi) is 5.32. The third-order valence-corrected chi connectivity index (χ3v) is 4.29.